The first-order valence-electron chi connectivity index (χ1n) is 18.9. The summed E-state index contributed by atoms with van der Waals surface area (Å²) in [4.78, 5) is 15.2. The van der Waals surface area contributed by atoms with Crippen molar-refractivity contribution >= 4 is 94.5 Å². The predicted molar refractivity (Wildman–Crippen MR) is 246 cm³/mol. The van der Waals surface area contributed by atoms with Crippen LogP contribution in [0.3, 0.4) is 0 Å². The van der Waals surface area contributed by atoms with Crippen LogP contribution in [-0.2, 0) is 0 Å². The summed E-state index contributed by atoms with van der Waals surface area (Å²) in [5, 5.41) is 7.67. The minimum absolute atomic E-state index is 0.664. The van der Waals surface area contributed by atoms with Gasteiger partial charge < -0.3 is 0 Å². The molecule has 4 aromatic heterocycles. The van der Waals surface area contributed by atoms with Crippen LogP contribution in [0.2, 0.25) is 0 Å². The number of benzene rings is 8. The van der Waals surface area contributed by atoms with Crippen LogP contribution < -0.4 is 0 Å². The summed E-state index contributed by atoms with van der Waals surface area (Å²) < 4.78 is 7.70. The smallest absolute Gasteiger partial charge is 0.164 e. The van der Waals surface area contributed by atoms with Gasteiger partial charge in [0.05, 0.1) is 0 Å². The molecule has 0 saturated heterocycles. The topological polar surface area (TPSA) is 38.7 Å². The van der Waals surface area contributed by atoms with Gasteiger partial charge in [0.25, 0.3) is 0 Å². The predicted octanol–water partition coefficient (Wildman–Crippen LogP) is 15.3. The number of rotatable bonds is 5. The van der Waals surface area contributed by atoms with Crippen LogP contribution in [-0.4, -0.2) is 15.0 Å². The van der Waals surface area contributed by atoms with E-state index in [4.69, 9.17) is 15.0 Å². The van der Waals surface area contributed by atoms with E-state index in [1.807, 2.05) is 70.4 Å². The van der Waals surface area contributed by atoms with Crippen molar-refractivity contribution in [1.29, 1.82) is 0 Å². The van der Waals surface area contributed by atoms with Crippen molar-refractivity contribution in [3.8, 4) is 56.4 Å². The molecule has 266 valence electrons. The molecule has 0 aliphatic carbocycles. The highest BCUT2D eigenvalue weighted by Crippen LogP contribution is 2.48. The van der Waals surface area contributed by atoms with Crippen LogP contribution in [0.1, 0.15) is 0 Å². The molecule has 0 aliphatic heterocycles. The quantitative estimate of drug-likeness (QED) is 0.175. The highest BCUT2D eigenvalue weighted by Gasteiger charge is 2.20. The fourth-order valence-electron chi connectivity index (χ4n) is 8.35. The molecule has 8 aromatic carbocycles. The normalized spacial score (nSPS) is 11.9. The zero-order valence-corrected chi connectivity index (χ0v) is 32.8. The van der Waals surface area contributed by atoms with Crippen molar-refractivity contribution in [1.82, 2.24) is 15.0 Å². The van der Waals surface area contributed by atoms with E-state index in [1.54, 1.807) is 0 Å². The first kappa shape index (κ1) is 32.7. The van der Waals surface area contributed by atoms with Gasteiger partial charge >= 0.3 is 0 Å². The maximum atomic E-state index is 5.11. The number of fused-ring (bicyclic) bond motifs is 9. The van der Waals surface area contributed by atoms with E-state index >= 15 is 0 Å². The van der Waals surface area contributed by atoms with Crippen molar-refractivity contribution < 1.29 is 0 Å². The van der Waals surface area contributed by atoms with Gasteiger partial charge in [0.2, 0.25) is 0 Å². The van der Waals surface area contributed by atoms with Crippen LogP contribution >= 0.6 is 34.0 Å². The van der Waals surface area contributed by atoms with Crippen LogP contribution in [0.5, 0.6) is 0 Å². The molecule has 0 fully saturated rings. The highest BCUT2D eigenvalue weighted by atomic mass is 32.1. The standard InChI is InChI=1S/C51H29N3S3/c1-3-13-30(14-4-1)49-52-50(31-15-5-2-6-16-31)54-51(53-49)38-20-12-24-43-47(38)37-26-25-32(28-44(37)57-43)33-27-39(48-36-18-8-10-22-41(36)56-45(48)29-33)34-19-11-23-42-46(34)35-17-7-9-21-40(35)55-42/h1-29H. The zero-order valence-electron chi connectivity index (χ0n) is 30.3. The van der Waals surface area contributed by atoms with Gasteiger partial charge in [-0.2, -0.15) is 0 Å². The lowest BCUT2D eigenvalue weighted by molar-refractivity contribution is 1.08. The van der Waals surface area contributed by atoms with E-state index in [-0.39, 0.29) is 0 Å². The summed E-state index contributed by atoms with van der Waals surface area (Å²) >= 11 is 5.58. The number of hydrogen-bond acceptors (Lipinski definition) is 6. The third kappa shape index (κ3) is 5.33. The van der Waals surface area contributed by atoms with Crippen LogP contribution in [0.4, 0.5) is 0 Å². The third-order valence-electron chi connectivity index (χ3n) is 10.9. The molecule has 0 amide bonds. The van der Waals surface area contributed by atoms with Crippen LogP contribution in [0, 0.1) is 0 Å². The first-order chi connectivity index (χ1) is 28.2. The fraction of sp³-hybridized carbons (Fsp3) is 0. The first-order valence-corrected chi connectivity index (χ1v) is 21.4. The van der Waals surface area contributed by atoms with Crippen LogP contribution in [0.25, 0.3) is 117 Å². The third-order valence-corrected chi connectivity index (χ3v) is 14.3. The van der Waals surface area contributed by atoms with Gasteiger partial charge in [-0.3, -0.25) is 0 Å². The number of nitrogens with zero attached hydrogens (tertiary/aromatic N) is 3. The monoisotopic (exact) mass is 779 g/mol. The minimum Gasteiger partial charge on any atom is -0.208 e. The minimum atomic E-state index is 0.664. The van der Waals surface area contributed by atoms with Crippen molar-refractivity contribution in [3.63, 3.8) is 0 Å². The van der Waals surface area contributed by atoms with Gasteiger partial charge in [-0.1, -0.05) is 133 Å². The lowest BCUT2D eigenvalue weighted by Gasteiger charge is -2.12. The Hall–Kier alpha value is -6.57. The molecule has 3 nitrogen and oxygen atoms in total. The lowest BCUT2D eigenvalue weighted by Crippen LogP contribution is -2.00. The van der Waals surface area contributed by atoms with Crippen molar-refractivity contribution in [3.05, 3.63) is 176 Å². The summed E-state index contributed by atoms with van der Waals surface area (Å²) in [6, 6.07) is 63.1. The van der Waals surface area contributed by atoms with E-state index in [1.165, 1.54) is 82.8 Å². The molecule has 0 radical (unpaired) electrons. The number of hydrogen-bond donors (Lipinski definition) is 0. The van der Waals surface area contributed by atoms with Gasteiger partial charge in [-0.15, -0.1) is 34.0 Å². The Kier molecular flexibility index (Phi) is 7.45. The summed E-state index contributed by atoms with van der Waals surface area (Å²) in [6.07, 6.45) is 0. The van der Waals surface area contributed by atoms with Gasteiger partial charge in [-0.05, 0) is 64.7 Å². The van der Waals surface area contributed by atoms with E-state index in [0.29, 0.717) is 17.5 Å². The Morgan fingerprint density at radius 1 is 0.263 bits per heavy atom. The second-order valence-electron chi connectivity index (χ2n) is 14.3. The molecular weight excluding hydrogens is 751 g/mol. The van der Waals surface area contributed by atoms with Gasteiger partial charge in [0.15, 0.2) is 17.5 Å². The fourth-order valence-corrected chi connectivity index (χ4v) is 11.8. The largest absolute Gasteiger partial charge is 0.208 e. The molecule has 0 unspecified atom stereocenters. The second kappa shape index (κ2) is 13.0. The Morgan fingerprint density at radius 3 is 1.40 bits per heavy atom. The second-order valence-corrected chi connectivity index (χ2v) is 17.6. The Morgan fingerprint density at radius 2 is 0.737 bits per heavy atom. The molecule has 12 aromatic rings. The number of thiophene rings is 3. The van der Waals surface area contributed by atoms with Crippen molar-refractivity contribution in [2.24, 2.45) is 0 Å². The molecule has 6 heteroatoms. The maximum Gasteiger partial charge on any atom is 0.164 e. The molecule has 0 spiro atoms. The Bertz CT molecular complexity index is 3470. The molecule has 57 heavy (non-hydrogen) atoms. The highest BCUT2D eigenvalue weighted by molar-refractivity contribution is 7.26. The van der Waals surface area contributed by atoms with Crippen molar-refractivity contribution in [2.75, 3.05) is 0 Å². The lowest BCUT2D eigenvalue weighted by atomic mass is 9.92. The van der Waals surface area contributed by atoms with E-state index in [9.17, 15) is 0 Å². The van der Waals surface area contributed by atoms with E-state index in [0.717, 1.165) is 16.7 Å². The van der Waals surface area contributed by atoms with Gasteiger partial charge in [0.1, 0.15) is 0 Å². The summed E-state index contributed by atoms with van der Waals surface area (Å²) in [7, 11) is 0. The Balaban J connectivity index is 1.06. The SMILES string of the molecule is c1ccc(-c2nc(-c3ccccc3)nc(-c3cccc4sc5cc(-c6cc(-c7cccc8sc9ccccc9c78)c7c(c6)sc6ccccc67)ccc5c34)n2)cc1. The molecular formula is C51H29N3S3. The van der Waals surface area contributed by atoms with Gasteiger partial charge in [-0.25, -0.2) is 15.0 Å². The molecule has 0 N–H and O–H groups in total. The summed E-state index contributed by atoms with van der Waals surface area (Å²) in [6.45, 7) is 0. The van der Waals surface area contributed by atoms with E-state index in [2.05, 4.69) is 140 Å². The number of aromatic nitrogens is 3. The van der Waals surface area contributed by atoms with Crippen molar-refractivity contribution in [2.45, 2.75) is 0 Å². The molecule has 0 atom stereocenters. The Labute approximate surface area is 339 Å². The summed E-state index contributed by atoms with van der Waals surface area (Å²) in [5.41, 5.74) is 7.93. The van der Waals surface area contributed by atoms with E-state index < -0.39 is 0 Å². The molecule has 0 aliphatic rings. The maximum absolute atomic E-state index is 5.11. The van der Waals surface area contributed by atoms with Gasteiger partial charge in [0, 0.05) is 77.2 Å². The average molecular weight is 780 g/mol. The zero-order chi connectivity index (χ0) is 37.5. The van der Waals surface area contributed by atoms with Crippen LogP contribution in [0.15, 0.2) is 176 Å². The molecule has 0 bridgehead atoms. The summed E-state index contributed by atoms with van der Waals surface area (Å²) in [5.74, 6) is 2.00. The molecule has 0 saturated carbocycles. The average Bonchev–Trinajstić information content (AvgIpc) is 3.97. The molecule has 4 heterocycles. The molecule has 12 rings (SSSR count).